The molecule has 1 aromatic carbocycles. The molecule has 7 nitrogen and oxygen atoms in total. The van der Waals surface area contributed by atoms with Crippen LogP contribution in [0.4, 0.5) is 5.69 Å². The Bertz CT molecular complexity index is 698. The summed E-state index contributed by atoms with van der Waals surface area (Å²) >= 11 is 5.77. The van der Waals surface area contributed by atoms with Crippen molar-refractivity contribution < 1.29 is 8.42 Å². The number of nitrogens with one attached hydrogen (secondary N) is 1. The zero-order valence-corrected chi connectivity index (χ0v) is 11.6. The quantitative estimate of drug-likeness (QED) is 0.802. The Balaban J connectivity index is 2.23. The Kier molecular flexibility index (Phi) is 3.74. The second-order valence-corrected chi connectivity index (χ2v) is 6.04. The van der Waals surface area contributed by atoms with Crippen LogP contribution in [0.3, 0.4) is 0 Å². The molecule has 102 valence electrons. The van der Waals surface area contributed by atoms with Gasteiger partial charge < -0.3 is 10.3 Å². The van der Waals surface area contributed by atoms with Crippen LogP contribution in [0.1, 0.15) is 5.82 Å². The van der Waals surface area contributed by atoms with Crippen molar-refractivity contribution in [3.8, 4) is 0 Å². The molecule has 0 spiro atoms. The number of sulfonamides is 1. The van der Waals surface area contributed by atoms with Crippen LogP contribution in [-0.2, 0) is 23.6 Å². The summed E-state index contributed by atoms with van der Waals surface area (Å²) in [6, 6.07) is 4.27. The first kappa shape index (κ1) is 13.8. The first-order valence-corrected chi connectivity index (χ1v) is 7.14. The summed E-state index contributed by atoms with van der Waals surface area (Å²) in [7, 11) is -2.03. The van der Waals surface area contributed by atoms with E-state index in [4.69, 9.17) is 17.3 Å². The first-order valence-electron chi connectivity index (χ1n) is 5.28. The number of halogens is 1. The molecule has 0 bridgehead atoms. The molecular weight excluding hydrogens is 290 g/mol. The fraction of sp³-hybridized carbons (Fsp3) is 0.200. The summed E-state index contributed by atoms with van der Waals surface area (Å²) in [5.74, 6) is 0.490. The van der Waals surface area contributed by atoms with Crippen LogP contribution >= 0.6 is 11.6 Å². The topological polar surface area (TPSA) is 103 Å². The predicted octanol–water partition coefficient (Wildman–Crippen LogP) is 0.529. The molecule has 9 heteroatoms. The van der Waals surface area contributed by atoms with E-state index >= 15 is 0 Å². The number of nitrogen functional groups attached to an aromatic ring is 1. The number of benzene rings is 1. The minimum absolute atomic E-state index is 0.0186. The molecule has 0 aliphatic rings. The first-order chi connectivity index (χ1) is 8.90. The highest BCUT2D eigenvalue weighted by atomic mass is 35.5. The van der Waals surface area contributed by atoms with Gasteiger partial charge in [0.2, 0.25) is 10.0 Å². The van der Waals surface area contributed by atoms with Crippen LogP contribution in [0.15, 0.2) is 29.4 Å². The SMILES string of the molecule is Cn1cnnc1CNS(=O)(=O)c1cc(Cl)ccc1N. The van der Waals surface area contributed by atoms with E-state index in [1.54, 1.807) is 11.6 Å². The number of hydrogen-bond donors (Lipinski definition) is 2. The second kappa shape index (κ2) is 5.16. The molecule has 0 saturated carbocycles. The molecule has 2 aromatic rings. The standard InChI is InChI=1S/C10H12ClN5O2S/c1-16-6-13-15-10(16)5-14-19(17,18)9-4-7(11)2-3-8(9)12/h2-4,6,14H,5,12H2,1H3. The molecule has 0 radical (unpaired) electrons. The van der Waals surface area contributed by atoms with Gasteiger partial charge in [0.15, 0.2) is 0 Å². The van der Waals surface area contributed by atoms with Gasteiger partial charge in [0.1, 0.15) is 17.0 Å². The molecule has 1 heterocycles. The fourth-order valence-corrected chi connectivity index (χ4v) is 2.82. The average Bonchev–Trinajstić information content (AvgIpc) is 2.75. The average molecular weight is 302 g/mol. The van der Waals surface area contributed by atoms with Gasteiger partial charge in [-0.15, -0.1) is 10.2 Å². The van der Waals surface area contributed by atoms with Gasteiger partial charge in [-0.25, -0.2) is 13.1 Å². The van der Waals surface area contributed by atoms with Crippen molar-refractivity contribution in [2.24, 2.45) is 7.05 Å². The van der Waals surface area contributed by atoms with Gasteiger partial charge in [-0.2, -0.15) is 0 Å². The van der Waals surface area contributed by atoms with Crippen molar-refractivity contribution in [2.75, 3.05) is 5.73 Å². The van der Waals surface area contributed by atoms with Crippen molar-refractivity contribution in [1.82, 2.24) is 19.5 Å². The Morgan fingerprint density at radius 3 is 2.84 bits per heavy atom. The van der Waals surface area contributed by atoms with Gasteiger partial charge in [-0.05, 0) is 18.2 Å². The molecule has 0 amide bonds. The predicted molar refractivity (Wildman–Crippen MR) is 70.9 cm³/mol. The number of aryl methyl sites for hydroxylation is 1. The largest absolute Gasteiger partial charge is 0.398 e. The Morgan fingerprint density at radius 1 is 1.47 bits per heavy atom. The van der Waals surface area contributed by atoms with E-state index in [1.807, 2.05) is 0 Å². The summed E-state index contributed by atoms with van der Waals surface area (Å²) in [6.07, 6.45) is 1.48. The highest BCUT2D eigenvalue weighted by Crippen LogP contribution is 2.22. The van der Waals surface area contributed by atoms with Crippen molar-refractivity contribution in [2.45, 2.75) is 11.4 Å². The van der Waals surface area contributed by atoms with Crippen LogP contribution in [-0.4, -0.2) is 23.2 Å². The number of aromatic nitrogens is 3. The van der Waals surface area contributed by atoms with E-state index in [-0.39, 0.29) is 17.1 Å². The Hall–Kier alpha value is -1.64. The van der Waals surface area contributed by atoms with E-state index in [0.29, 0.717) is 10.8 Å². The molecule has 0 unspecified atom stereocenters. The molecule has 0 saturated heterocycles. The van der Waals surface area contributed by atoms with Gasteiger partial charge in [0, 0.05) is 12.1 Å². The lowest BCUT2D eigenvalue weighted by atomic mass is 10.3. The maximum absolute atomic E-state index is 12.1. The monoisotopic (exact) mass is 301 g/mol. The van der Waals surface area contributed by atoms with Crippen LogP contribution in [0.2, 0.25) is 5.02 Å². The molecule has 2 rings (SSSR count). The number of nitrogens with zero attached hydrogens (tertiary/aromatic N) is 3. The van der Waals surface area contributed by atoms with E-state index in [0.717, 1.165) is 0 Å². The van der Waals surface area contributed by atoms with Crippen molar-refractivity contribution in [3.05, 3.63) is 35.4 Å². The Morgan fingerprint density at radius 2 is 2.21 bits per heavy atom. The third-order valence-electron chi connectivity index (χ3n) is 2.49. The Labute approximate surface area is 115 Å². The second-order valence-electron chi connectivity index (χ2n) is 3.86. The molecule has 3 N–H and O–H groups in total. The normalized spacial score (nSPS) is 11.7. The van der Waals surface area contributed by atoms with Crippen LogP contribution in [0.25, 0.3) is 0 Å². The van der Waals surface area contributed by atoms with Gasteiger partial charge in [0.05, 0.1) is 12.2 Å². The highest BCUT2D eigenvalue weighted by Gasteiger charge is 2.18. The van der Waals surface area contributed by atoms with Gasteiger partial charge in [-0.1, -0.05) is 11.6 Å². The van der Waals surface area contributed by atoms with Gasteiger partial charge in [-0.3, -0.25) is 0 Å². The summed E-state index contributed by atoms with van der Waals surface area (Å²) in [5, 5.41) is 7.74. The maximum atomic E-state index is 12.1. The number of nitrogens with two attached hydrogens (primary N) is 1. The van der Waals surface area contributed by atoms with Gasteiger partial charge in [0.25, 0.3) is 0 Å². The zero-order chi connectivity index (χ0) is 14.0. The molecule has 0 atom stereocenters. The maximum Gasteiger partial charge on any atom is 0.243 e. The van der Waals surface area contributed by atoms with E-state index in [2.05, 4.69) is 14.9 Å². The fourth-order valence-electron chi connectivity index (χ4n) is 1.45. The molecule has 1 aromatic heterocycles. The molecule has 0 aliphatic carbocycles. The van der Waals surface area contributed by atoms with E-state index in [1.165, 1.54) is 24.5 Å². The number of rotatable bonds is 4. The summed E-state index contributed by atoms with van der Waals surface area (Å²) in [6.45, 7) is 0.0186. The summed E-state index contributed by atoms with van der Waals surface area (Å²) in [5.41, 5.74) is 5.78. The van der Waals surface area contributed by atoms with Crippen LogP contribution in [0, 0.1) is 0 Å². The lowest BCUT2D eigenvalue weighted by Gasteiger charge is -2.09. The molecule has 0 aliphatic heterocycles. The van der Waals surface area contributed by atoms with E-state index in [9.17, 15) is 8.42 Å². The third-order valence-corrected chi connectivity index (χ3v) is 4.18. The lowest BCUT2D eigenvalue weighted by Crippen LogP contribution is -2.25. The number of anilines is 1. The third kappa shape index (κ3) is 3.03. The van der Waals surface area contributed by atoms with Crippen molar-refractivity contribution >= 4 is 27.3 Å². The molecule has 0 fully saturated rings. The number of hydrogen-bond acceptors (Lipinski definition) is 5. The zero-order valence-electron chi connectivity index (χ0n) is 10.0. The summed E-state index contributed by atoms with van der Waals surface area (Å²) < 4.78 is 28.2. The van der Waals surface area contributed by atoms with E-state index < -0.39 is 10.0 Å². The smallest absolute Gasteiger partial charge is 0.243 e. The van der Waals surface area contributed by atoms with Crippen LogP contribution in [0.5, 0.6) is 0 Å². The lowest BCUT2D eigenvalue weighted by molar-refractivity contribution is 0.578. The van der Waals surface area contributed by atoms with Crippen molar-refractivity contribution in [3.63, 3.8) is 0 Å². The minimum atomic E-state index is -3.75. The summed E-state index contributed by atoms with van der Waals surface area (Å²) in [4.78, 5) is -0.0535. The van der Waals surface area contributed by atoms with Crippen molar-refractivity contribution in [1.29, 1.82) is 0 Å². The highest BCUT2D eigenvalue weighted by molar-refractivity contribution is 7.89. The van der Waals surface area contributed by atoms with Crippen LogP contribution < -0.4 is 10.5 Å². The van der Waals surface area contributed by atoms with Gasteiger partial charge >= 0.3 is 0 Å². The molecule has 19 heavy (non-hydrogen) atoms. The molecular formula is C10H12ClN5O2S. The minimum Gasteiger partial charge on any atom is -0.398 e.